The lowest BCUT2D eigenvalue weighted by molar-refractivity contribution is -0.136. The summed E-state index contributed by atoms with van der Waals surface area (Å²) in [5.74, 6) is 2.13. The molecule has 0 bridgehead atoms. The van der Waals surface area contributed by atoms with Gasteiger partial charge in [-0.15, -0.1) is 0 Å². The zero-order valence-corrected chi connectivity index (χ0v) is 17.3. The van der Waals surface area contributed by atoms with Crippen LogP contribution in [0, 0.1) is 6.92 Å². The highest BCUT2D eigenvalue weighted by molar-refractivity contribution is 5.77. The zero-order chi connectivity index (χ0) is 20.2. The maximum Gasteiger partial charge on any atom is 0.248 e. The summed E-state index contributed by atoms with van der Waals surface area (Å²) in [6.45, 7) is 5.41. The molecule has 1 amide bonds. The number of anilines is 1. The maximum absolute atomic E-state index is 12.3. The first-order valence-corrected chi connectivity index (χ1v) is 10.4. The van der Waals surface area contributed by atoms with Crippen molar-refractivity contribution < 1.29 is 9.53 Å². The third kappa shape index (κ3) is 4.40. The average Bonchev–Trinajstić information content (AvgIpc) is 2.75. The molecule has 4 rings (SSSR count). The molecule has 4 heterocycles. The van der Waals surface area contributed by atoms with Gasteiger partial charge in [0.25, 0.3) is 0 Å². The number of nitrogens with zero attached hydrogens (tertiary/aromatic N) is 5. The van der Waals surface area contributed by atoms with Gasteiger partial charge < -0.3 is 14.5 Å². The van der Waals surface area contributed by atoms with Gasteiger partial charge in [-0.3, -0.25) is 9.78 Å². The predicted molar refractivity (Wildman–Crippen MR) is 111 cm³/mol. The molecule has 0 aliphatic carbocycles. The Bertz CT molecular complexity index is 858. The second-order valence-electron chi connectivity index (χ2n) is 7.93. The van der Waals surface area contributed by atoms with Crippen molar-refractivity contribution in [3.8, 4) is 0 Å². The first-order chi connectivity index (χ1) is 14.2. The van der Waals surface area contributed by atoms with Crippen molar-refractivity contribution in [2.45, 2.75) is 45.1 Å². The van der Waals surface area contributed by atoms with Crippen molar-refractivity contribution in [1.82, 2.24) is 19.9 Å². The number of aryl methyl sites for hydroxylation is 1. The van der Waals surface area contributed by atoms with Gasteiger partial charge in [-0.25, -0.2) is 9.97 Å². The first kappa shape index (κ1) is 19.8. The van der Waals surface area contributed by atoms with Crippen LogP contribution in [0.3, 0.4) is 0 Å². The molecule has 0 aromatic carbocycles. The summed E-state index contributed by atoms with van der Waals surface area (Å²) in [4.78, 5) is 30.9. The first-order valence-electron chi connectivity index (χ1n) is 10.4. The second-order valence-corrected chi connectivity index (χ2v) is 7.93. The van der Waals surface area contributed by atoms with Crippen LogP contribution in [-0.4, -0.2) is 59.1 Å². The van der Waals surface area contributed by atoms with Gasteiger partial charge in [0.1, 0.15) is 18.2 Å². The summed E-state index contributed by atoms with van der Waals surface area (Å²) in [6.07, 6.45) is 5.94. The standard InChI is InChI=1S/C22H29N5O2/c1-16-19-9-6-12-27(14-18-8-3-4-10-23-18)22(19)25-21(24-16)17-7-5-11-26(13-17)20(28)15-29-2/h3-4,8,10,17H,5-7,9,11-15H2,1-2H3/t17-/m1/s1. The SMILES string of the molecule is COCC(=O)N1CCC[C@@H](c2nc(C)c3c(n2)N(Cc2ccccn2)CCC3)C1. The summed E-state index contributed by atoms with van der Waals surface area (Å²) in [6, 6.07) is 6.03. The smallest absolute Gasteiger partial charge is 0.248 e. The molecule has 29 heavy (non-hydrogen) atoms. The molecular formula is C22H29N5O2. The third-order valence-corrected chi connectivity index (χ3v) is 5.85. The van der Waals surface area contributed by atoms with Crippen LogP contribution < -0.4 is 4.90 Å². The molecule has 0 N–H and O–H groups in total. The van der Waals surface area contributed by atoms with Crippen molar-refractivity contribution in [2.75, 3.05) is 38.3 Å². The highest BCUT2D eigenvalue weighted by atomic mass is 16.5. The molecule has 0 radical (unpaired) electrons. The number of ether oxygens (including phenoxy) is 1. The Morgan fingerprint density at radius 1 is 1.24 bits per heavy atom. The van der Waals surface area contributed by atoms with E-state index in [0.29, 0.717) is 6.54 Å². The molecule has 1 fully saturated rings. The number of carbonyl (C=O) groups excluding carboxylic acids is 1. The molecule has 154 valence electrons. The summed E-state index contributed by atoms with van der Waals surface area (Å²) in [5, 5.41) is 0. The minimum atomic E-state index is 0.0451. The van der Waals surface area contributed by atoms with E-state index in [9.17, 15) is 4.79 Å². The van der Waals surface area contributed by atoms with Crippen LogP contribution >= 0.6 is 0 Å². The van der Waals surface area contributed by atoms with E-state index in [-0.39, 0.29) is 18.4 Å². The molecule has 2 aromatic heterocycles. The van der Waals surface area contributed by atoms with Gasteiger partial charge in [0.15, 0.2) is 0 Å². The fraction of sp³-hybridized carbons (Fsp3) is 0.545. The number of piperidine rings is 1. The summed E-state index contributed by atoms with van der Waals surface area (Å²) in [7, 11) is 1.56. The van der Waals surface area contributed by atoms with Gasteiger partial charge in [0, 0.05) is 50.1 Å². The van der Waals surface area contributed by atoms with Crippen LogP contribution in [0.1, 0.15) is 48.0 Å². The second kappa shape index (κ2) is 8.86. The molecule has 0 saturated carbocycles. The molecule has 0 spiro atoms. The number of fused-ring (bicyclic) bond motifs is 1. The average molecular weight is 396 g/mol. The fourth-order valence-corrected chi connectivity index (χ4v) is 4.36. The van der Waals surface area contributed by atoms with Gasteiger partial charge >= 0.3 is 0 Å². The number of pyridine rings is 1. The number of hydrogen-bond acceptors (Lipinski definition) is 6. The topological polar surface area (TPSA) is 71.5 Å². The fourth-order valence-electron chi connectivity index (χ4n) is 4.36. The molecule has 1 saturated heterocycles. The van der Waals surface area contributed by atoms with E-state index in [1.165, 1.54) is 5.56 Å². The van der Waals surface area contributed by atoms with Crippen molar-refractivity contribution in [1.29, 1.82) is 0 Å². The number of likely N-dealkylation sites (tertiary alicyclic amines) is 1. The Kier molecular flexibility index (Phi) is 6.04. The molecular weight excluding hydrogens is 366 g/mol. The van der Waals surface area contributed by atoms with Crippen molar-refractivity contribution in [2.24, 2.45) is 0 Å². The lowest BCUT2D eigenvalue weighted by atomic mass is 9.96. The van der Waals surface area contributed by atoms with Crippen LogP contribution in [0.4, 0.5) is 5.82 Å². The Balaban J connectivity index is 1.59. The van der Waals surface area contributed by atoms with Crippen molar-refractivity contribution in [3.05, 3.63) is 47.2 Å². The van der Waals surface area contributed by atoms with E-state index in [2.05, 4.69) is 22.9 Å². The van der Waals surface area contributed by atoms with Crippen LogP contribution in [0.15, 0.2) is 24.4 Å². The monoisotopic (exact) mass is 395 g/mol. The maximum atomic E-state index is 12.3. The highest BCUT2D eigenvalue weighted by Crippen LogP contribution is 2.32. The molecule has 2 aromatic rings. The molecule has 0 unspecified atom stereocenters. The number of hydrogen-bond donors (Lipinski definition) is 0. The van der Waals surface area contributed by atoms with E-state index < -0.39 is 0 Å². The van der Waals surface area contributed by atoms with Crippen LogP contribution in [0.2, 0.25) is 0 Å². The molecule has 7 nitrogen and oxygen atoms in total. The van der Waals surface area contributed by atoms with Crippen LogP contribution in [-0.2, 0) is 22.5 Å². The number of carbonyl (C=O) groups is 1. The summed E-state index contributed by atoms with van der Waals surface area (Å²) in [5.41, 5.74) is 3.36. The molecule has 1 atom stereocenters. The number of amides is 1. The minimum absolute atomic E-state index is 0.0451. The largest absolute Gasteiger partial charge is 0.375 e. The van der Waals surface area contributed by atoms with E-state index >= 15 is 0 Å². The van der Waals surface area contributed by atoms with E-state index in [1.807, 2.05) is 23.2 Å². The lowest BCUT2D eigenvalue weighted by Gasteiger charge is -2.34. The Labute approximate surface area is 172 Å². The van der Waals surface area contributed by atoms with E-state index in [1.54, 1.807) is 7.11 Å². The van der Waals surface area contributed by atoms with Crippen molar-refractivity contribution in [3.63, 3.8) is 0 Å². The van der Waals surface area contributed by atoms with Gasteiger partial charge in [-0.1, -0.05) is 6.07 Å². The Morgan fingerprint density at radius 2 is 2.14 bits per heavy atom. The van der Waals surface area contributed by atoms with Gasteiger partial charge in [-0.05, 0) is 44.7 Å². The normalized spacial score (nSPS) is 19.2. The number of aromatic nitrogens is 3. The Morgan fingerprint density at radius 3 is 2.93 bits per heavy atom. The molecule has 2 aliphatic heterocycles. The van der Waals surface area contributed by atoms with Gasteiger partial charge in [-0.2, -0.15) is 0 Å². The number of rotatable bonds is 5. The molecule has 7 heteroatoms. The summed E-state index contributed by atoms with van der Waals surface area (Å²) < 4.78 is 5.03. The number of methoxy groups -OCH3 is 1. The van der Waals surface area contributed by atoms with Crippen LogP contribution in [0.25, 0.3) is 0 Å². The van der Waals surface area contributed by atoms with E-state index in [0.717, 1.165) is 68.3 Å². The van der Waals surface area contributed by atoms with Crippen LogP contribution in [0.5, 0.6) is 0 Å². The Hall–Kier alpha value is -2.54. The lowest BCUT2D eigenvalue weighted by Crippen LogP contribution is -2.41. The van der Waals surface area contributed by atoms with Gasteiger partial charge in [0.2, 0.25) is 5.91 Å². The molecule has 2 aliphatic rings. The predicted octanol–water partition coefficient (Wildman–Crippen LogP) is 2.49. The van der Waals surface area contributed by atoms with Gasteiger partial charge in [0.05, 0.1) is 12.2 Å². The van der Waals surface area contributed by atoms with E-state index in [4.69, 9.17) is 14.7 Å². The van der Waals surface area contributed by atoms with Crippen molar-refractivity contribution >= 4 is 11.7 Å². The summed E-state index contributed by atoms with van der Waals surface area (Å²) >= 11 is 0. The third-order valence-electron chi connectivity index (χ3n) is 5.85. The zero-order valence-electron chi connectivity index (χ0n) is 17.3. The quantitative estimate of drug-likeness (QED) is 0.775. The minimum Gasteiger partial charge on any atom is -0.375 e. The highest BCUT2D eigenvalue weighted by Gasteiger charge is 2.29.